The van der Waals surface area contributed by atoms with Gasteiger partial charge in [0.05, 0.1) is 0 Å². The van der Waals surface area contributed by atoms with Crippen molar-refractivity contribution in [3.8, 4) is 11.3 Å². The van der Waals surface area contributed by atoms with Crippen LogP contribution >= 0.6 is 0 Å². The smallest absolute Gasteiger partial charge is 0.205 e. The SMILES string of the molecule is Cc1ccc(N(c2ccccc2)c2ccc(-c3ccc(C)nc3)o2)cc1. The van der Waals surface area contributed by atoms with Gasteiger partial charge in [-0.1, -0.05) is 35.9 Å². The third-order valence-electron chi connectivity index (χ3n) is 4.31. The van der Waals surface area contributed by atoms with Gasteiger partial charge in [-0.05, 0) is 56.3 Å². The molecule has 4 rings (SSSR count). The number of nitrogens with zero attached hydrogens (tertiary/aromatic N) is 2. The average Bonchev–Trinajstić information content (AvgIpc) is 3.15. The largest absolute Gasteiger partial charge is 0.440 e. The third-order valence-corrected chi connectivity index (χ3v) is 4.31. The van der Waals surface area contributed by atoms with E-state index in [1.807, 2.05) is 55.6 Å². The predicted octanol–water partition coefficient (Wildman–Crippen LogP) is 6.43. The van der Waals surface area contributed by atoms with E-state index >= 15 is 0 Å². The maximum Gasteiger partial charge on any atom is 0.205 e. The lowest BCUT2D eigenvalue weighted by molar-refractivity contribution is 0.588. The van der Waals surface area contributed by atoms with Gasteiger partial charge in [0.2, 0.25) is 5.88 Å². The van der Waals surface area contributed by atoms with Gasteiger partial charge in [-0.2, -0.15) is 0 Å². The van der Waals surface area contributed by atoms with Crippen molar-refractivity contribution in [3.63, 3.8) is 0 Å². The second kappa shape index (κ2) is 6.89. The van der Waals surface area contributed by atoms with Gasteiger partial charge in [0, 0.05) is 34.9 Å². The maximum atomic E-state index is 6.20. The van der Waals surface area contributed by atoms with Gasteiger partial charge in [0.15, 0.2) is 0 Å². The van der Waals surface area contributed by atoms with Crippen molar-refractivity contribution in [3.05, 3.63) is 96.3 Å². The summed E-state index contributed by atoms with van der Waals surface area (Å²) in [6.45, 7) is 4.07. The summed E-state index contributed by atoms with van der Waals surface area (Å²) in [5.74, 6) is 1.58. The zero-order chi connectivity index (χ0) is 17.9. The Labute approximate surface area is 153 Å². The number of pyridine rings is 1. The Balaban J connectivity index is 1.77. The quantitative estimate of drug-likeness (QED) is 0.429. The zero-order valence-corrected chi connectivity index (χ0v) is 14.9. The van der Waals surface area contributed by atoms with E-state index in [-0.39, 0.29) is 0 Å². The molecule has 0 fully saturated rings. The number of hydrogen-bond donors (Lipinski definition) is 0. The van der Waals surface area contributed by atoms with Gasteiger partial charge in [0.25, 0.3) is 0 Å². The van der Waals surface area contributed by atoms with Crippen LogP contribution in [-0.4, -0.2) is 4.98 Å². The summed E-state index contributed by atoms with van der Waals surface area (Å²) in [6.07, 6.45) is 1.84. The second-order valence-electron chi connectivity index (χ2n) is 6.33. The molecule has 0 amide bonds. The number of benzene rings is 2. The fourth-order valence-electron chi connectivity index (χ4n) is 2.89. The lowest BCUT2D eigenvalue weighted by Crippen LogP contribution is -2.08. The van der Waals surface area contributed by atoms with Crippen molar-refractivity contribution in [1.29, 1.82) is 0 Å². The maximum absolute atomic E-state index is 6.20. The molecule has 0 radical (unpaired) electrons. The Hall–Kier alpha value is -3.33. The minimum Gasteiger partial charge on any atom is -0.440 e. The van der Waals surface area contributed by atoms with Gasteiger partial charge in [-0.15, -0.1) is 0 Å². The summed E-state index contributed by atoms with van der Waals surface area (Å²) in [5.41, 5.74) is 5.31. The second-order valence-corrected chi connectivity index (χ2v) is 6.33. The summed E-state index contributed by atoms with van der Waals surface area (Å²) in [7, 11) is 0. The van der Waals surface area contributed by atoms with Crippen molar-refractivity contribution in [1.82, 2.24) is 4.98 Å². The molecule has 0 atom stereocenters. The number of furan rings is 1. The molecule has 4 aromatic rings. The Kier molecular flexibility index (Phi) is 4.28. The highest BCUT2D eigenvalue weighted by Crippen LogP contribution is 2.37. The Morgan fingerprint density at radius 3 is 2.15 bits per heavy atom. The Bertz CT molecular complexity index is 987. The van der Waals surface area contributed by atoms with Gasteiger partial charge < -0.3 is 4.42 Å². The molecular formula is C23H20N2O. The lowest BCUT2D eigenvalue weighted by Gasteiger charge is -2.22. The molecule has 3 heteroatoms. The molecule has 0 aliphatic heterocycles. The summed E-state index contributed by atoms with van der Waals surface area (Å²) in [4.78, 5) is 6.48. The lowest BCUT2D eigenvalue weighted by atomic mass is 10.2. The van der Waals surface area contributed by atoms with E-state index in [0.717, 1.165) is 34.3 Å². The molecule has 3 nitrogen and oxygen atoms in total. The average molecular weight is 340 g/mol. The van der Waals surface area contributed by atoms with Gasteiger partial charge in [0.1, 0.15) is 5.76 Å². The van der Waals surface area contributed by atoms with Crippen molar-refractivity contribution in [2.75, 3.05) is 4.90 Å². The molecular weight excluding hydrogens is 320 g/mol. The summed E-state index contributed by atoms with van der Waals surface area (Å²) < 4.78 is 6.20. The van der Waals surface area contributed by atoms with E-state index in [0.29, 0.717) is 0 Å². The highest BCUT2D eigenvalue weighted by atomic mass is 16.4. The standard InChI is InChI=1S/C23H20N2O/c1-17-8-12-21(13-9-17)25(20-6-4-3-5-7-20)23-15-14-22(26-23)19-11-10-18(2)24-16-19/h3-16H,1-2H3. The van der Waals surface area contributed by atoms with Gasteiger partial charge >= 0.3 is 0 Å². The van der Waals surface area contributed by atoms with E-state index in [2.05, 4.69) is 53.2 Å². The van der Waals surface area contributed by atoms with E-state index in [4.69, 9.17) is 4.42 Å². The molecule has 26 heavy (non-hydrogen) atoms. The van der Waals surface area contributed by atoms with Crippen LogP contribution < -0.4 is 4.90 Å². The number of aromatic nitrogens is 1. The molecule has 0 N–H and O–H groups in total. The molecule has 0 spiro atoms. The molecule has 0 saturated carbocycles. The number of rotatable bonds is 4. The molecule has 0 aliphatic rings. The van der Waals surface area contributed by atoms with Crippen LogP contribution in [0.3, 0.4) is 0 Å². The first-order valence-electron chi connectivity index (χ1n) is 8.65. The molecule has 0 bridgehead atoms. The van der Waals surface area contributed by atoms with E-state index in [9.17, 15) is 0 Å². The van der Waals surface area contributed by atoms with Crippen LogP contribution in [0.25, 0.3) is 11.3 Å². The van der Waals surface area contributed by atoms with Crippen LogP contribution in [0.4, 0.5) is 17.3 Å². The highest BCUT2D eigenvalue weighted by Gasteiger charge is 2.16. The van der Waals surface area contributed by atoms with Crippen molar-refractivity contribution in [2.24, 2.45) is 0 Å². The van der Waals surface area contributed by atoms with Crippen molar-refractivity contribution >= 4 is 17.3 Å². The molecule has 2 aromatic heterocycles. The molecule has 0 unspecified atom stereocenters. The topological polar surface area (TPSA) is 29.3 Å². The fourth-order valence-corrected chi connectivity index (χ4v) is 2.89. The van der Waals surface area contributed by atoms with Crippen molar-refractivity contribution in [2.45, 2.75) is 13.8 Å². The molecule has 128 valence electrons. The number of hydrogen-bond acceptors (Lipinski definition) is 3. The van der Waals surface area contributed by atoms with Crippen LogP contribution in [0.1, 0.15) is 11.3 Å². The van der Waals surface area contributed by atoms with E-state index < -0.39 is 0 Å². The zero-order valence-electron chi connectivity index (χ0n) is 14.9. The first-order valence-corrected chi connectivity index (χ1v) is 8.65. The first-order chi connectivity index (χ1) is 12.7. The van der Waals surface area contributed by atoms with Crippen LogP contribution in [-0.2, 0) is 0 Å². The van der Waals surface area contributed by atoms with Gasteiger partial charge in [-0.25, -0.2) is 0 Å². The number of para-hydroxylation sites is 1. The minimum atomic E-state index is 0.774. The fraction of sp³-hybridized carbons (Fsp3) is 0.0870. The van der Waals surface area contributed by atoms with Crippen LogP contribution in [0.5, 0.6) is 0 Å². The predicted molar refractivity (Wildman–Crippen MR) is 106 cm³/mol. The third kappa shape index (κ3) is 3.24. The summed E-state index contributed by atoms with van der Waals surface area (Å²) >= 11 is 0. The van der Waals surface area contributed by atoms with E-state index in [1.165, 1.54) is 5.56 Å². The molecule has 0 saturated heterocycles. The number of anilines is 3. The Morgan fingerprint density at radius 2 is 1.46 bits per heavy atom. The molecule has 0 aliphatic carbocycles. The number of aryl methyl sites for hydroxylation is 2. The summed E-state index contributed by atoms with van der Waals surface area (Å²) in [6, 6.07) is 26.7. The highest BCUT2D eigenvalue weighted by molar-refractivity contribution is 5.75. The van der Waals surface area contributed by atoms with Crippen LogP contribution in [0.15, 0.2) is 89.5 Å². The van der Waals surface area contributed by atoms with Crippen molar-refractivity contribution < 1.29 is 4.42 Å². The molecule has 2 aromatic carbocycles. The van der Waals surface area contributed by atoms with Crippen LogP contribution in [0.2, 0.25) is 0 Å². The molecule has 2 heterocycles. The summed E-state index contributed by atoms with van der Waals surface area (Å²) in [5, 5.41) is 0. The normalized spacial score (nSPS) is 10.7. The van der Waals surface area contributed by atoms with Crippen LogP contribution in [0, 0.1) is 13.8 Å². The minimum absolute atomic E-state index is 0.774. The van der Waals surface area contributed by atoms with Gasteiger partial charge in [-0.3, -0.25) is 9.88 Å². The monoisotopic (exact) mass is 340 g/mol. The first kappa shape index (κ1) is 16.2. The van der Waals surface area contributed by atoms with E-state index in [1.54, 1.807) is 0 Å². The Morgan fingerprint density at radius 1 is 0.731 bits per heavy atom.